The van der Waals surface area contributed by atoms with E-state index in [1.807, 2.05) is 0 Å². The first-order valence-electron chi connectivity index (χ1n) is 15.3. The van der Waals surface area contributed by atoms with E-state index < -0.39 is 110 Å². The molecule has 0 amide bonds. The summed E-state index contributed by atoms with van der Waals surface area (Å²) in [5, 5.41) is 6.37. The zero-order chi connectivity index (χ0) is 39.8. The van der Waals surface area contributed by atoms with Crippen molar-refractivity contribution in [3.05, 3.63) is 141 Å². The fourth-order valence-electron chi connectivity index (χ4n) is 7.44. The molecule has 12 nitrogen and oxygen atoms in total. The summed E-state index contributed by atoms with van der Waals surface area (Å²) in [6.45, 7) is 0. The number of nitrogens with one attached hydrogen (secondary N) is 2. The van der Waals surface area contributed by atoms with Gasteiger partial charge in [0.1, 0.15) is 0 Å². The number of benzene rings is 4. The van der Waals surface area contributed by atoms with Crippen LogP contribution in [-0.4, -0.2) is 38.0 Å². The zero-order valence-electron chi connectivity index (χ0n) is 27.1. The number of hydrogen-bond acceptors (Lipinski definition) is 10. The molecule has 20 heteroatoms. The van der Waals surface area contributed by atoms with Crippen LogP contribution >= 0.6 is 0 Å². The molecule has 0 aliphatic heterocycles. The first-order valence-corrected chi connectivity index (χ1v) is 18.2. The van der Waals surface area contributed by atoms with Crippen LogP contribution in [0.4, 0.5) is 26.3 Å². The molecule has 4 aromatic carbocycles. The van der Waals surface area contributed by atoms with Crippen molar-refractivity contribution in [2.75, 3.05) is 0 Å². The average Bonchev–Trinajstić information content (AvgIpc) is 3.09. The maximum Gasteiger partial charge on any atom is 0.416 e. The number of fused-ring (bicyclic) bond motifs is 2. The standard InChI is InChI=1S/C34H26F6N6O6S2/c35-33(36,37)25-13-17(9-11-23(25)31(53(47,48)49)21-7-3-1-5-19(21)15-27(45-43)29(31)41)18-10-12-24(26(14-18)34(38,39)40)32(54(50,51)52)22-8-4-2-6-20(22)16-28(46-44)30(32)42/h1-16,29-30,43-44H,41-42H2,(H,47,48,49)(H,50,51,52). The van der Waals surface area contributed by atoms with Gasteiger partial charge in [-0.2, -0.15) is 53.4 Å². The van der Waals surface area contributed by atoms with Crippen LogP contribution in [0.1, 0.15) is 44.5 Å². The minimum absolute atomic E-state index is 0.0445. The summed E-state index contributed by atoms with van der Waals surface area (Å²) in [7, 11) is -11.4. The van der Waals surface area contributed by atoms with Crippen molar-refractivity contribution < 1.29 is 52.3 Å². The van der Waals surface area contributed by atoms with Gasteiger partial charge in [-0.05, 0) is 68.8 Å². The molecular formula is C34H26F6N6O6S2. The van der Waals surface area contributed by atoms with Gasteiger partial charge in [-0.1, -0.05) is 72.8 Å². The fraction of sp³-hybridized carbons (Fsp3) is 0.176. The maximum absolute atomic E-state index is 15.0. The largest absolute Gasteiger partial charge is 0.416 e. The lowest BCUT2D eigenvalue weighted by molar-refractivity contribution is -0.139. The highest BCUT2D eigenvalue weighted by Gasteiger charge is 2.60. The molecule has 2 aliphatic carbocycles. The third-order valence-corrected chi connectivity index (χ3v) is 12.7. The summed E-state index contributed by atoms with van der Waals surface area (Å²) in [5.41, 5.74) is 18.7. The molecule has 0 saturated carbocycles. The summed E-state index contributed by atoms with van der Waals surface area (Å²) in [6.07, 6.45) is -8.57. The lowest BCUT2D eigenvalue weighted by Crippen LogP contribution is -2.55. The van der Waals surface area contributed by atoms with Gasteiger partial charge in [0, 0.05) is 0 Å². The van der Waals surface area contributed by atoms with Crippen LogP contribution in [-0.2, 0) is 42.1 Å². The highest BCUT2D eigenvalue weighted by atomic mass is 32.2. The minimum Gasteiger partial charge on any atom is -0.321 e. The molecule has 4 atom stereocenters. The smallest absolute Gasteiger partial charge is 0.321 e. The third kappa shape index (κ3) is 5.59. The lowest BCUT2D eigenvalue weighted by atomic mass is 9.74. The van der Waals surface area contributed by atoms with Gasteiger partial charge in [0.15, 0.2) is 9.49 Å². The topological polar surface area (TPSA) is 233 Å². The van der Waals surface area contributed by atoms with E-state index in [0.717, 1.165) is 36.4 Å². The summed E-state index contributed by atoms with van der Waals surface area (Å²) in [5.74, 6) is 0. The number of nitrogens with two attached hydrogens (primary N) is 2. The lowest BCUT2D eigenvalue weighted by Gasteiger charge is -2.41. The molecule has 54 heavy (non-hydrogen) atoms. The Morgan fingerprint density at radius 3 is 1.20 bits per heavy atom. The second-order valence-corrected chi connectivity index (χ2v) is 15.6. The predicted octanol–water partition coefficient (Wildman–Crippen LogP) is 7.08. The van der Waals surface area contributed by atoms with Gasteiger partial charge in [-0.25, -0.2) is 11.1 Å². The average molecular weight is 793 g/mol. The van der Waals surface area contributed by atoms with Gasteiger partial charge < -0.3 is 11.5 Å². The predicted molar refractivity (Wildman–Crippen MR) is 182 cm³/mol. The number of halogens is 6. The molecule has 4 unspecified atom stereocenters. The van der Waals surface area contributed by atoms with Gasteiger partial charge in [-0.15, -0.1) is 0 Å². The van der Waals surface area contributed by atoms with Crippen molar-refractivity contribution in [1.29, 1.82) is 11.1 Å². The molecule has 0 spiro atoms. The zero-order valence-corrected chi connectivity index (χ0v) is 28.7. The number of nitrogens with zero attached hydrogens (tertiary/aromatic N) is 2. The Morgan fingerprint density at radius 1 is 0.574 bits per heavy atom. The van der Waals surface area contributed by atoms with Gasteiger partial charge >= 0.3 is 12.4 Å². The Hall–Kier alpha value is -5.12. The Kier molecular flexibility index (Phi) is 9.11. The van der Waals surface area contributed by atoms with E-state index in [1.54, 1.807) is 0 Å². The number of alkyl halides is 6. The molecule has 0 radical (unpaired) electrons. The molecule has 0 aromatic heterocycles. The maximum atomic E-state index is 15.0. The van der Waals surface area contributed by atoms with Crippen molar-refractivity contribution in [3.8, 4) is 11.1 Å². The second kappa shape index (κ2) is 12.7. The van der Waals surface area contributed by atoms with Gasteiger partial charge in [0.2, 0.25) is 0 Å². The van der Waals surface area contributed by atoms with E-state index in [0.29, 0.717) is 24.3 Å². The normalized spacial score (nSPS) is 23.1. The molecular weight excluding hydrogens is 767 g/mol. The van der Waals surface area contributed by atoms with Crippen LogP contribution in [0, 0.1) is 11.1 Å². The van der Waals surface area contributed by atoms with Crippen LogP contribution in [0.3, 0.4) is 0 Å². The van der Waals surface area contributed by atoms with Crippen LogP contribution in [0.2, 0.25) is 0 Å². The van der Waals surface area contributed by atoms with Crippen molar-refractivity contribution >= 4 is 32.4 Å². The first kappa shape index (κ1) is 38.6. The van der Waals surface area contributed by atoms with E-state index >= 15 is 26.3 Å². The quantitative estimate of drug-likeness (QED) is 0.0641. The number of rotatable bonds is 7. The molecule has 8 N–H and O–H groups in total. The van der Waals surface area contributed by atoms with E-state index in [2.05, 4.69) is 10.2 Å². The van der Waals surface area contributed by atoms with Crippen molar-refractivity contribution in [2.24, 2.45) is 21.7 Å². The molecule has 282 valence electrons. The van der Waals surface area contributed by atoms with Gasteiger partial charge in [0.05, 0.1) is 34.6 Å². The summed E-state index contributed by atoms with van der Waals surface area (Å²) < 4.78 is 159. The molecule has 4 aromatic rings. The van der Waals surface area contributed by atoms with Crippen LogP contribution in [0.15, 0.2) is 107 Å². The Bertz CT molecular complexity index is 2370. The van der Waals surface area contributed by atoms with Crippen LogP contribution in [0.5, 0.6) is 0 Å². The summed E-state index contributed by atoms with van der Waals surface area (Å²) in [6, 6.07) is 9.59. The highest BCUT2D eigenvalue weighted by molar-refractivity contribution is 7.87. The van der Waals surface area contributed by atoms with E-state index in [-0.39, 0.29) is 11.1 Å². The third-order valence-electron chi connectivity index (χ3n) is 9.70. The van der Waals surface area contributed by atoms with Crippen molar-refractivity contribution in [3.63, 3.8) is 0 Å². The molecule has 0 saturated heterocycles. The van der Waals surface area contributed by atoms with Crippen molar-refractivity contribution in [2.45, 2.75) is 33.9 Å². The van der Waals surface area contributed by atoms with Crippen LogP contribution in [0.25, 0.3) is 23.3 Å². The minimum atomic E-state index is -5.68. The first-order chi connectivity index (χ1) is 25.1. The van der Waals surface area contributed by atoms with Crippen molar-refractivity contribution in [1.82, 2.24) is 0 Å². The number of hydrogen-bond donors (Lipinski definition) is 6. The molecule has 2 aliphatic rings. The Labute approximate surface area is 302 Å². The summed E-state index contributed by atoms with van der Waals surface area (Å²) >= 11 is 0. The fourth-order valence-corrected chi connectivity index (χ4v) is 10.2. The Balaban J connectivity index is 1.66. The molecule has 0 bridgehead atoms. The molecule has 0 heterocycles. The monoisotopic (exact) mass is 792 g/mol. The second-order valence-electron chi connectivity index (χ2n) is 12.4. The SMILES string of the molecule is N=NC1=Cc2ccccc2C(c2ccc(-c3ccc(C4(S(=O)(=O)O)c5ccccc5C=C(N=N)C4N)c(C(F)(F)F)c3)cc2C(F)(F)F)(S(=O)(=O)O)C1N. The molecule has 6 rings (SSSR count). The van der Waals surface area contributed by atoms with E-state index in [1.165, 1.54) is 36.4 Å². The highest BCUT2D eigenvalue weighted by Crippen LogP contribution is 2.53. The molecule has 0 fully saturated rings. The van der Waals surface area contributed by atoms with Crippen LogP contribution < -0.4 is 11.5 Å². The van der Waals surface area contributed by atoms with E-state index in [9.17, 15) is 25.9 Å². The summed E-state index contributed by atoms with van der Waals surface area (Å²) in [4.78, 5) is 0. The van der Waals surface area contributed by atoms with E-state index in [4.69, 9.17) is 22.5 Å². The van der Waals surface area contributed by atoms with Gasteiger partial charge in [0.25, 0.3) is 20.2 Å². The van der Waals surface area contributed by atoms with Gasteiger partial charge in [-0.3, -0.25) is 9.11 Å². The Morgan fingerprint density at radius 2 is 0.907 bits per heavy atom.